The molecule has 32 heavy (non-hydrogen) atoms. The molecule has 1 heterocycles. The summed E-state index contributed by atoms with van der Waals surface area (Å²) in [4.78, 5) is 14.6. The molecule has 5 heteroatoms. The lowest BCUT2D eigenvalue weighted by Crippen LogP contribution is -2.46. The number of para-hydroxylation sites is 1. The van der Waals surface area contributed by atoms with Gasteiger partial charge in [-0.2, -0.15) is 0 Å². The highest BCUT2D eigenvalue weighted by molar-refractivity contribution is 6.32. The van der Waals surface area contributed by atoms with Crippen LogP contribution in [0.4, 0.5) is 0 Å². The van der Waals surface area contributed by atoms with Crippen LogP contribution in [0.1, 0.15) is 18.4 Å². The fourth-order valence-electron chi connectivity index (χ4n) is 4.66. The minimum atomic E-state index is 0.100. The number of piperidine rings is 1. The SMILES string of the molecule is O=C(CNCC1c2ccc(-c3ccccc3)c1c2)N1CCC(Oc2ccccc2Cl)CC1. The third-order valence-corrected chi connectivity index (χ3v) is 6.80. The van der Waals surface area contributed by atoms with Crippen molar-refractivity contribution < 1.29 is 9.53 Å². The van der Waals surface area contributed by atoms with E-state index in [1.165, 1.54) is 22.3 Å². The van der Waals surface area contributed by atoms with Gasteiger partial charge in [0.1, 0.15) is 11.9 Å². The van der Waals surface area contributed by atoms with E-state index in [1.54, 1.807) is 0 Å². The summed E-state index contributed by atoms with van der Waals surface area (Å²) in [7, 11) is 0. The number of likely N-dealkylation sites (tertiary alicyclic amines) is 1. The molecule has 4 nitrogen and oxygen atoms in total. The molecule has 2 aromatic rings. The smallest absolute Gasteiger partial charge is 0.236 e. The average Bonchev–Trinajstić information content (AvgIpc) is 2.84. The van der Waals surface area contributed by atoms with Gasteiger partial charge in [-0.1, -0.05) is 72.3 Å². The van der Waals surface area contributed by atoms with Crippen molar-refractivity contribution in [3.63, 3.8) is 0 Å². The van der Waals surface area contributed by atoms with E-state index in [0.717, 1.165) is 38.2 Å². The number of allylic oxidation sites excluding steroid dienone is 4. The summed E-state index contributed by atoms with van der Waals surface area (Å²) in [6.07, 6.45) is 8.42. The zero-order valence-corrected chi connectivity index (χ0v) is 18.7. The van der Waals surface area contributed by atoms with E-state index in [4.69, 9.17) is 16.3 Å². The normalized spacial score (nSPS) is 20.1. The fourth-order valence-corrected chi connectivity index (χ4v) is 4.84. The molecule has 1 unspecified atom stereocenters. The van der Waals surface area contributed by atoms with Gasteiger partial charge in [-0.15, -0.1) is 0 Å². The van der Waals surface area contributed by atoms with Crippen molar-refractivity contribution in [2.75, 3.05) is 26.2 Å². The Labute approximate surface area is 194 Å². The summed E-state index contributed by atoms with van der Waals surface area (Å²) in [5.74, 6) is 1.25. The van der Waals surface area contributed by atoms with E-state index < -0.39 is 0 Å². The Morgan fingerprint density at radius 1 is 1.03 bits per heavy atom. The molecule has 0 saturated carbocycles. The Bertz CT molecular complexity index is 1080. The Hall–Kier alpha value is -2.82. The molecule has 1 amide bonds. The standard InChI is InChI=1S/C27H27ClN2O2/c28-25-8-4-5-9-26(25)32-21-12-14-30(15-13-21)27(31)18-29-17-24-20-10-11-22(23(24)16-20)19-6-2-1-3-7-19/h1-11,16,21,24,29H,12-15,17-18H2. The number of hydrogen-bond donors (Lipinski definition) is 1. The van der Waals surface area contributed by atoms with Gasteiger partial charge in [-0.25, -0.2) is 0 Å². The van der Waals surface area contributed by atoms with Crippen LogP contribution in [0.15, 0.2) is 84.0 Å². The van der Waals surface area contributed by atoms with E-state index in [1.807, 2.05) is 35.2 Å². The van der Waals surface area contributed by atoms with E-state index in [0.29, 0.717) is 17.5 Å². The topological polar surface area (TPSA) is 41.6 Å². The molecule has 2 bridgehead atoms. The van der Waals surface area contributed by atoms with Crippen molar-refractivity contribution in [2.45, 2.75) is 18.9 Å². The second-order valence-electron chi connectivity index (χ2n) is 8.52. The summed E-state index contributed by atoms with van der Waals surface area (Å²) in [5.41, 5.74) is 5.25. The summed E-state index contributed by atoms with van der Waals surface area (Å²) in [6, 6.07) is 18.0. The van der Waals surface area contributed by atoms with Gasteiger partial charge < -0.3 is 15.0 Å². The summed E-state index contributed by atoms with van der Waals surface area (Å²) in [6.45, 7) is 2.60. The maximum absolute atomic E-state index is 12.7. The first-order valence-corrected chi connectivity index (χ1v) is 11.7. The second kappa shape index (κ2) is 9.35. The fraction of sp³-hybridized carbons (Fsp3) is 0.296. The number of rotatable bonds is 7. The maximum atomic E-state index is 12.7. The number of amides is 1. The number of ether oxygens (including phenoxy) is 1. The summed E-state index contributed by atoms with van der Waals surface area (Å²) >= 11 is 6.19. The zero-order valence-electron chi connectivity index (χ0n) is 18.0. The first-order valence-electron chi connectivity index (χ1n) is 11.3. The summed E-state index contributed by atoms with van der Waals surface area (Å²) in [5, 5.41) is 4.03. The lowest BCUT2D eigenvalue weighted by molar-refractivity contribution is -0.132. The monoisotopic (exact) mass is 446 g/mol. The minimum Gasteiger partial charge on any atom is -0.489 e. The van der Waals surface area contributed by atoms with Crippen LogP contribution >= 0.6 is 11.6 Å². The Morgan fingerprint density at radius 2 is 1.78 bits per heavy atom. The van der Waals surface area contributed by atoms with Crippen molar-refractivity contribution in [1.82, 2.24) is 10.2 Å². The number of benzene rings is 2. The second-order valence-corrected chi connectivity index (χ2v) is 8.93. The molecule has 164 valence electrons. The van der Waals surface area contributed by atoms with Crippen molar-refractivity contribution in [2.24, 2.45) is 5.92 Å². The van der Waals surface area contributed by atoms with Crippen molar-refractivity contribution in [1.29, 1.82) is 0 Å². The van der Waals surface area contributed by atoms with Crippen LogP contribution in [0.25, 0.3) is 5.57 Å². The predicted octanol–water partition coefficient (Wildman–Crippen LogP) is 4.88. The number of nitrogens with one attached hydrogen (secondary N) is 1. The molecule has 0 spiro atoms. The molecule has 2 aliphatic carbocycles. The van der Waals surface area contributed by atoms with Gasteiger partial charge in [0, 0.05) is 38.4 Å². The van der Waals surface area contributed by atoms with Crippen LogP contribution in [0, 0.1) is 5.92 Å². The first-order chi connectivity index (χ1) is 15.7. The lowest BCUT2D eigenvalue weighted by Gasteiger charge is -2.36. The van der Waals surface area contributed by atoms with Gasteiger partial charge in [0.15, 0.2) is 0 Å². The van der Waals surface area contributed by atoms with Crippen LogP contribution in [0.3, 0.4) is 0 Å². The molecule has 0 aromatic heterocycles. The molecular weight excluding hydrogens is 420 g/mol. The Morgan fingerprint density at radius 3 is 2.53 bits per heavy atom. The van der Waals surface area contributed by atoms with Gasteiger partial charge in [0.05, 0.1) is 11.6 Å². The van der Waals surface area contributed by atoms with Gasteiger partial charge in [-0.05, 0) is 34.4 Å². The third kappa shape index (κ3) is 4.38. The third-order valence-electron chi connectivity index (χ3n) is 6.49. The molecule has 0 radical (unpaired) electrons. The number of carbonyl (C=O) groups excluding carboxylic acids is 1. The first kappa shape index (κ1) is 21.0. The molecule has 3 aliphatic rings. The van der Waals surface area contributed by atoms with Crippen LogP contribution in [-0.4, -0.2) is 43.1 Å². The molecule has 1 aliphatic heterocycles. The van der Waals surface area contributed by atoms with E-state index in [9.17, 15) is 4.79 Å². The van der Waals surface area contributed by atoms with Gasteiger partial charge >= 0.3 is 0 Å². The predicted molar refractivity (Wildman–Crippen MR) is 129 cm³/mol. The van der Waals surface area contributed by atoms with E-state index >= 15 is 0 Å². The molecule has 1 saturated heterocycles. The van der Waals surface area contributed by atoms with E-state index in [2.05, 4.69) is 47.8 Å². The van der Waals surface area contributed by atoms with Crippen LogP contribution in [-0.2, 0) is 4.79 Å². The highest BCUT2D eigenvalue weighted by atomic mass is 35.5. The van der Waals surface area contributed by atoms with Gasteiger partial charge in [0.25, 0.3) is 0 Å². The van der Waals surface area contributed by atoms with Crippen molar-refractivity contribution >= 4 is 23.1 Å². The molecule has 2 aromatic carbocycles. The van der Waals surface area contributed by atoms with E-state index in [-0.39, 0.29) is 12.0 Å². The largest absolute Gasteiger partial charge is 0.489 e. The number of hydrogen-bond acceptors (Lipinski definition) is 3. The highest BCUT2D eigenvalue weighted by Crippen LogP contribution is 2.44. The van der Waals surface area contributed by atoms with Crippen LogP contribution in [0.2, 0.25) is 5.02 Å². The molecule has 1 atom stereocenters. The Balaban J connectivity index is 1.06. The maximum Gasteiger partial charge on any atom is 0.236 e. The zero-order chi connectivity index (χ0) is 21.9. The molecule has 5 rings (SSSR count). The molecular formula is C27H27ClN2O2. The van der Waals surface area contributed by atoms with Gasteiger partial charge in [-0.3, -0.25) is 4.79 Å². The number of halogens is 1. The van der Waals surface area contributed by atoms with Crippen LogP contribution in [0.5, 0.6) is 5.75 Å². The molecule has 1 fully saturated rings. The Kier molecular flexibility index (Phi) is 6.15. The number of nitrogens with zero attached hydrogens (tertiary/aromatic N) is 1. The number of carbonyl (C=O) groups is 1. The van der Waals surface area contributed by atoms with Crippen molar-refractivity contribution in [3.05, 3.63) is 94.6 Å². The van der Waals surface area contributed by atoms with Gasteiger partial charge in [0.2, 0.25) is 5.91 Å². The molecule has 1 N–H and O–H groups in total. The highest BCUT2D eigenvalue weighted by Gasteiger charge is 2.32. The van der Waals surface area contributed by atoms with Crippen molar-refractivity contribution in [3.8, 4) is 5.75 Å². The lowest BCUT2D eigenvalue weighted by atomic mass is 9.70. The minimum absolute atomic E-state index is 0.100. The summed E-state index contributed by atoms with van der Waals surface area (Å²) < 4.78 is 6.03. The quantitative estimate of drug-likeness (QED) is 0.659. The number of fused-ring (bicyclic) bond motifs is 2. The van der Waals surface area contributed by atoms with Crippen LogP contribution < -0.4 is 10.1 Å². The average molecular weight is 447 g/mol.